The minimum absolute atomic E-state index is 0.194. The maximum atomic E-state index is 12.4. The van der Waals surface area contributed by atoms with Gasteiger partial charge in [0.05, 0.1) is 18.4 Å². The van der Waals surface area contributed by atoms with Gasteiger partial charge >= 0.3 is 0 Å². The molecule has 1 saturated heterocycles. The number of hydrogen-bond acceptors (Lipinski definition) is 4. The summed E-state index contributed by atoms with van der Waals surface area (Å²) in [6.07, 6.45) is 4.99. The summed E-state index contributed by atoms with van der Waals surface area (Å²) in [4.78, 5) is 38.2. The molecule has 1 N–H and O–H groups in total. The van der Waals surface area contributed by atoms with Crippen molar-refractivity contribution in [2.24, 2.45) is 11.8 Å². The van der Waals surface area contributed by atoms with Crippen molar-refractivity contribution < 1.29 is 18.8 Å². The van der Waals surface area contributed by atoms with Gasteiger partial charge in [0, 0.05) is 10.0 Å². The Kier molecular flexibility index (Phi) is 5.17. The number of carbonyl (C=O) groups excluding carboxylic acids is 3. The zero-order valence-electron chi connectivity index (χ0n) is 15.1. The Hall–Kier alpha value is -2.67. The van der Waals surface area contributed by atoms with Crippen molar-refractivity contribution in [1.82, 2.24) is 10.2 Å². The summed E-state index contributed by atoms with van der Waals surface area (Å²) in [7, 11) is 0. The third-order valence-electron chi connectivity index (χ3n) is 5.15. The van der Waals surface area contributed by atoms with E-state index < -0.39 is 0 Å². The van der Waals surface area contributed by atoms with Crippen LogP contribution in [0.1, 0.15) is 18.6 Å². The molecule has 4 rings (SSSR count). The van der Waals surface area contributed by atoms with Gasteiger partial charge in [0.1, 0.15) is 18.1 Å². The second kappa shape index (κ2) is 7.75. The lowest BCUT2D eigenvalue weighted by molar-refractivity contribution is -0.143. The quantitative estimate of drug-likeness (QED) is 0.569. The van der Waals surface area contributed by atoms with Crippen molar-refractivity contribution in [3.05, 3.63) is 58.8 Å². The second-order valence-corrected chi connectivity index (χ2v) is 7.88. The molecule has 1 aliphatic heterocycles. The molecule has 144 valence electrons. The maximum Gasteiger partial charge on any atom is 0.240 e. The number of nitrogens with one attached hydrogen (secondary N) is 1. The number of amides is 3. The lowest BCUT2D eigenvalue weighted by atomic mass is 9.85. The number of benzene rings is 1. The number of fused-ring (bicyclic) bond motifs is 1. The molecule has 2 unspecified atom stereocenters. The van der Waals surface area contributed by atoms with Crippen molar-refractivity contribution in [2.45, 2.75) is 19.4 Å². The van der Waals surface area contributed by atoms with E-state index in [-0.39, 0.29) is 42.6 Å². The van der Waals surface area contributed by atoms with Gasteiger partial charge in [-0.2, -0.15) is 0 Å². The van der Waals surface area contributed by atoms with Crippen LogP contribution >= 0.6 is 15.9 Å². The Morgan fingerprint density at radius 1 is 1.04 bits per heavy atom. The van der Waals surface area contributed by atoms with Crippen molar-refractivity contribution in [3.8, 4) is 11.3 Å². The highest BCUT2D eigenvalue weighted by atomic mass is 79.9. The Balaban J connectivity index is 1.33. The second-order valence-electron chi connectivity index (χ2n) is 6.97. The summed E-state index contributed by atoms with van der Waals surface area (Å²) in [5.74, 6) is -0.195. The van der Waals surface area contributed by atoms with E-state index in [9.17, 15) is 14.4 Å². The summed E-state index contributed by atoms with van der Waals surface area (Å²) in [5.41, 5.74) is 0.935. The van der Waals surface area contributed by atoms with E-state index in [2.05, 4.69) is 21.2 Å². The average Bonchev–Trinajstić information content (AvgIpc) is 3.27. The van der Waals surface area contributed by atoms with Gasteiger partial charge in [-0.05, 0) is 37.1 Å². The Bertz CT molecular complexity index is 922. The topological polar surface area (TPSA) is 79.6 Å². The number of nitrogens with zero attached hydrogens (tertiary/aromatic N) is 1. The van der Waals surface area contributed by atoms with Crippen LogP contribution in [0.4, 0.5) is 0 Å². The Morgan fingerprint density at radius 2 is 1.68 bits per heavy atom. The molecule has 0 spiro atoms. The van der Waals surface area contributed by atoms with Crippen LogP contribution in [0.15, 0.2) is 57.4 Å². The van der Waals surface area contributed by atoms with E-state index in [1.807, 2.05) is 42.5 Å². The predicted molar refractivity (Wildman–Crippen MR) is 106 cm³/mol. The first-order valence-corrected chi connectivity index (χ1v) is 9.94. The van der Waals surface area contributed by atoms with Gasteiger partial charge in [0.2, 0.25) is 17.7 Å². The lowest BCUT2D eigenvalue weighted by Crippen LogP contribution is -2.40. The number of furan rings is 1. The first-order valence-electron chi connectivity index (χ1n) is 9.14. The summed E-state index contributed by atoms with van der Waals surface area (Å²) in [5, 5.41) is 2.72. The van der Waals surface area contributed by atoms with E-state index in [4.69, 9.17) is 4.42 Å². The third-order valence-corrected chi connectivity index (χ3v) is 5.68. The minimum atomic E-state index is -0.380. The zero-order chi connectivity index (χ0) is 19.7. The van der Waals surface area contributed by atoms with Gasteiger partial charge in [-0.25, -0.2) is 0 Å². The SMILES string of the molecule is O=C(CN1C(=O)C2CC=CCC2C1=O)NCc1ccc(-c2ccc(Br)cc2)o1. The molecule has 1 fully saturated rings. The van der Waals surface area contributed by atoms with Crippen molar-refractivity contribution in [3.63, 3.8) is 0 Å². The number of rotatable bonds is 5. The average molecular weight is 443 g/mol. The van der Waals surface area contributed by atoms with E-state index in [1.54, 1.807) is 6.07 Å². The molecule has 1 aromatic heterocycles. The van der Waals surface area contributed by atoms with Gasteiger partial charge in [0.15, 0.2) is 0 Å². The molecular formula is C21H19BrN2O4. The molecule has 3 amide bonds. The smallest absolute Gasteiger partial charge is 0.240 e. The number of likely N-dealkylation sites (tertiary alicyclic amines) is 1. The van der Waals surface area contributed by atoms with Crippen LogP contribution in [-0.4, -0.2) is 29.2 Å². The largest absolute Gasteiger partial charge is 0.459 e. The Labute approximate surface area is 170 Å². The van der Waals surface area contributed by atoms with Gasteiger partial charge in [0.25, 0.3) is 0 Å². The summed E-state index contributed by atoms with van der Waals surface area (Å²) < 4.78 is 6.75. The third kappa shape index (κ3) is 3.67. The van der Waals surface area contributed by atoms with Crippen LogP contribution in [0.5, 0.6) is 0 Å². The summed E-state index contributed by atoms with van der Waals surface area (Å²) in [6.45, 7) is -0.0507. The molecule has 28 heavy (non-hydrogen) atoms. The van der Waals surface area contributed by atoms with Gasteiger partial charge in [-0.15, -0.1) is 0 Å². The van der Waals surface area contributed by atoms with E-state index in [1.165, 1.54) is 0 Å². The van der Waals surface area contributed by atoms with Gasteiger partial charge in [-0.1, -0.05) is 40.2 Å². The molecule has 1 aromatic carbocycles. The Morgan fingerprint density at radius 3 is 2.32 bits per heavy atom. The fourth-order valence-electron chi connectivity index (χ4n) is 3.65. The van der Waals surface area contributed by atoms with Gasteiger partial charge in [-0.3, -0.25) is 19.3 Å². The fraction of sp³-hybridized carbons (Fsp3) is 0.286. The molecule has 2 aromatic rings. The van der Waals surface area contributed by atoms with Crippen LogP contribution in [-0.2, 0) is 20.9 Å². The highest BCUT2D eigenvalue weighted by Crippen LogP contribution is 2.34. The van der Waals surface area contributed by atoms with Gasteiger partial charge < -0.3 is 9.73 Å². The van der Waals surface area contributed by atoms with Crippen LogP contribution < -0.4 is 5.32 Å². The molecule has 2 atom stereocenters. The monoisotopic (exact) mass is 442 g/mol. The molecule has 1 aliphatic carbocycles. The van der Waals surface area contributed by atoms with Crippen LogP contribution in [0.25, 0.3) is 11.3 Å². The van der Waals surface area contributed by atoms with Crippen molar-refractivity contribution in [2.75, 3.05) is 6.54 Å². The predicted octanol–water partition coefficient (Wildman–Crippen LogP) is 3.28. The van der Waals surface area contributed by atoms with Crippen LogP contribution in [0, 0.1) is 11.8 Å². The molecule has 2 aliphatic rings. The fourth-order valence-corrected chi connectivity index (χ4v) is 3.92. The number of imide groups is 1. The van der Waals surface area contributed by atoms with E-state index in [0.717, 1.165) is 14.9 Å². The van der Waals surface area contributed by atoms with E-state index >= 15 is 0 Å². The van der Waals surface area contributed by atoms with E-state index in [0.29, 0.717) is 24.4 Å². The molecular weight excluding hydrogens is 424 g/mol. The van der Waals surface area contributed by atoms with Crippen LogP contribution in [0.3, 0.4) is 0 Å². The van der Waals surface area contributed by atoms with Crippen molar-refractivity contribution in [1.29, 1.82) is 0 Å². The lowest BCUT2D eigenvalue weighted by Gasteiger charge is -2.14. The first kappa shape index (κ1) is 18.7. The summed E-state index contributed by atoms with van der Waals surface area (Å²) >= 11 is 3.39. The molecule has 0 radical (unpaired) electrons. The number of allylic oxidation sites excluding steroid dienone is 2. The first-order chi connectivity index (χ1) is 13.5. The normalized spacial score (nSPS) is 21.1. The maximum absolute atomic E-state index is 12.4. The summed E-state index contributed by atoms with van der Waals surface area (Å²) in [6, 6.07) is 11.4. The zero-order valence-corrected chi connectivity index (χ0v) is 16.6. The molecule has 6 nitrogen and oxygen atoms in total. The van der Waals surface area contributed by atoms with Crippen LogP contribution in [0.2, 0.25) is 0 Å². The molecule has 2 heterocycles. The standard InChI is InChI=1S/C21H19BrN2O4/c22-14-7-5-13(6-8-14)18-10-9-15(28-18)11-23-19(25)12-24-20(26)16-3-1-2-4-17(16)21(24)27/h1-2,5-10,16-17H,3-4,11-12H2,(H,23,25). The minimum Gasteiger partial charge on any atom is -0.459 e. The number of hydrogen-bond donors (Lipinski definition) is 1. The molecule has 7 heteroatoms. The number of halogens is 1. The molecule has 0 bridgehead atoms. The molecule has 0 saturated carbocycles. The highest BCUT2D eigenvalue weighted by molar-refractivity contribution is 9.10. The number of carbonyl (C=O) groups is 3. The van der Waals surface area contributed by atoms with Crippen molar-refractivity contribution >= 4 is 33.7 Å². The highest BCUT2D eigenvalue weighted by Gasteiger charge is 2.47.